The molecule has 4 nitrogen and oxygen atoms in total. The monoisotopic (exact) mass is 228 g/mol. The minimum atomic E-state index is -0.819. The summed E-state index contributed by atoms with van der Waals surface area (Å²) in [4.78, 5) is 16.4. The molecule has 0 heterocycles. The molecule has 0 aromatic rings. The molecule has 0 saturated heterocycles. The van der Waals surface area contributed by atoms with Gasteiger partial charge in [-0.05, 0) is 13.8 Å². The molecule has 0 amide bonds. The smallest absolute Gasteiger partial charge is 0.182 e. The van der Waals surface area contributed by atoms with Crippen molar-refractivity contribution >= 4 is 19.5 Å². The molecule has 0 aromatic carbocycles. The zero-order chi connectivity index (χ0) is 9.66. The average Bonchev–Trinajstić information content (AvgIpc) is 2.12. The van der Waals surface area contributed by atoms with Crippen LogP contribution >= 0.6 is 0 Å². The standard InChI is InChI=1S/2C3H10O2Si.CH4/c2*1-2-5-3-6-4;/h2*4H,2-3,6H2,1H3;1H4. The summed E-state index contributed by atoms with van der Waals surface area (Å²) in [6.07, 6.45) is 1.22. The fourth-order valence-electron chi connectivity index (χ4n) is 0.418. The Labute approximate surface area is 86.2 Å². The van der Waals surface area contributed by atoms with Crippen LogP contribution < -0.4 is 0 Å². The van der Waals surface area contributed by atoms with Crippen molar-refractivity contribution in [3.8, 4) is 0 Å². The van der Waals surface area contributed by atoms with E-state index in [-0.39, 0.29) is 7.43 Å². The van der Waals surface area contributed by atoms with Crippen LogP contribution in [0.5, 0.6) is 0 Å². The van der Waals surface area contributed by atoms with Crippen LogP contribution in [-0.2, 0) is 9.47 Å². The van der Waals surface area contributed by atoms with Gasteiger partial charge in [-0.15, -0.1) is 0 Å². The highest BCUT2D eigenvalue weighted by molar-refractivity contribution is 6.25. The molecule has 0 aliphatic rings. The minimum Gasteiger partial charge on any atom is -0.436 e. The molecule has 84 valence electrons. The zero-order valence-corrected chi connectivity index (χ0v) is 10.8. The van der Waals surface area contributed by atoms with Crippen molar-refractivity contribution in [2.24, 2.45) is 0 Å². The molecule has 0 atom stereocenters. The van der Waals surface area contributed by atoms with Gasteiger partial charge in [0.1, 0.15) is 0 Å². The van der Waals surface area contributed by atoms with E-state index < -0.39 is 19.5 Å². The van der Waals surface area contributed by atoms with E-state index in [4.69, 9.17) is 19.1 Å². The van der Waals surface area contributed by atoms with E-state index in [1.165, 1.54) is 0 Å². The summed E-state index contributed by atoms with van der Waals surface area (Å²) >= 11 is 0. The Hall–Kier alpha value is 0.274. The quantitative estimate of drug-likeness (QED) is 0.441. The van der Waals surface area contributed by atoms with E-state index >= 15 is 0 Å². The Morgan fingerprint density at radius 2 is 1.23 bits per heavy atom. The fraction of sp³-hybridized carbons (Fsp3) is 1.00. The molecule has 13 heavy (non-hydrogen) atoms. The van der Waals surface area contributed by atoms with E-state index in [0.29, 0.717) is 12.5 Å². The van der Waals surface area contributed by atoms with E-state index in [1.54, 1.807) is 0 Å². The summed E-state index contributed by atoms with van der Waals surface area (Å²) < 4.78 is 9.59. The summed E-state index contributed by atoms with van der Waals surface area (Å²) in [5.41, 5.74) is 0. The molecule has 0 saturated carbocycles. The SMILES string of the molecule is C.CCOC[SiH2]O.CCOC[SiH2]O. The molecule has 0 aliphatic heterocycles. The van der Waals surface area contributed by atoms with Crippen LogP contribution in [0.1, 0.15) is 21.3 Å². The summed E-state index contributed by atoms with van der Waals surface area (Å²) in [6.45, 7) is 5.30. The molecule has 0 spiro atoms. The van der Waals surface area contributed by atoms with Gasteiger partial charge >= 0.3 is 0 Å². The largest absolute Gasteiger partial charge is 0.436 e. The topological polar surface area (TPSA) is 58.9 Å². The van der Waals surface area contributed by atoms with Crippen LogP contribution in [0.3, 0.4) is 0 Å². The lowest BCUT2D eigenvalue weighted by molar-refractivity contribution is 0.186. The van der Waals surface area contributed by atoms with Gasteiger partial charge in [0, 0.05) is 13.2 Å². The number of hydrogen-bond donors (Lipinski definition) is 2. The third-order valence-corrected chi connectivity index (χ3v) is 1.82. The second-order valence-electron chi connectivity index (χ2n) is 1.84. The number of rotatable bonds is 6. The Morgan fingerprint density at radius 1 is 0.923 bits per heavy atom. The van der Waals surface area contributed by atoms with Crippen LogP contribution in [0.4, 0.5) is 0 Å². The number of ether oxygens (including phenoxy) is 2. The van der Waals surface area contributed by atoms with Crippen LogP contribution in [-0.4, -0.2) is 54.8 Å². The van der Waals surface area contributed by atoms with Crippen molar-refractivity contribution in [1.82, 2.24) is 0 Å². The molecular formula is C7H24O4Si2. The van der Waals surface area contributed by atoms with Crippen LogP contribution in [0.15, 0.2) is 0 Å². The highest BCUT2D eigenvalue weighted by Gasteiger charge is 1.76. The molecule has 0 rings (SSSR count). The first-order valence-corrected chi connectivity index (χ1v) is 7.47. The third-order valence-electron chi connectivity index (χ3n) is 0.879. The third kappa shape index (κ3) is 32.9. The average molecular weight is 228 g/mol. The normalized spacial score (nSPS) is 10.2. The summed E-state index contributed by atoms with van der Waals surface area (Å²) in [5, 5.41) is 0. The lowest BCUT2D eigenvalue weighted by atomic mass is 10.9. The Bertz CT molecular complexity index is 50.5. The summed E-state index contributed by atoms with van der Waals surface area (Å²) in [5.74, 6) is 0. The van der Waals surface area contributed by atoms with Gasteiger partial charge in [0.2, 0.25) is 0 Å². The first-order valence-electron chi connectivity index (χ1n) is 4.20. The zero-order valence-electron chi connectivity index (χ0n) is 7.95. The molecule has 0 aromatic heterocycles. The Morgan fingerprint density at radius 3 is 1.31 bits per heavy atom. The molecule has 2 N–H and O–H groups in total. The molecule has 0 radical (unpaired) electrons. The van der Waals surface area contributed by atoms with Gasteiger partial charge in [-0.1, -0.05) is 7.43 Å². The summed E-state index contributed by atoms with van der Waals surface area (Å²) in [6, 6.07) is 0. The van der Waals surface area contributed by atoms with E-state index in [0.717, 1.165) is 13.2 Å². The van der Waals surface area contributed by atoms with Crippen LogP contribution in [0.2, 0.25) is 0 Å². The molecule has 6 heteroatoms. The second-order valence-corrected chi connectivity index (χ2v) is 3.55. The minimum absolute atomic E-state index is 0. The lowest BCUT2D eigenvalue weighted by Crippen LogP contribution is -2.00. The van der Waals surface area contributed by atoms with Gasteiger partial charge < -0.3 is 19.1 Å². The first-order chi connectivity index (χ1) is 5.83. The Balaban J connectivity index is -0.000000143. The second kappa shape index (κ2) is 22.8. The van der Waals surface area contributed by atoms with Crippen molar-refractivity contribution in [3.05, 3.63) is 0 Å². The maximum atomic E-state index is 8.21. The van der Waals surface area contributed by atoms with Gasteiger partial charge in [-0.3, -0.25) is 0 Å². The van der Waals surface area contributed by atoms with Crippen molar-refractivity contribution in [3.63, 3.8) is 0 Å². The molecule has 0 unspecified atom stereocenters. The molecule has 0 fully saturated rings. The van der Waals surface area contributed by atoms with Crippen LogP contribution in [0, 0.1) is 0 Å². The highest BCUT2D eigenvalue weighted by atomic mass is 28.2. The van der Waals surface area contributed by atoms with Gasteiger partial charge in [0.05, 0.1) is 12.5 Å². The summed E-state index contributed by atoms with van der Waals surface area (Å²) in [7, 11) is -1.64. The van der Waals surface area contributed by atoms with Crippen molar-refractivity contribution in [2.75, 3.05) is 25.7 Å². The molecule has 0 aliphatic carbocycles. The molecular weight excluding hydrogens is 204 g/mol. The van der Waals surface area contributed by atoms with Gasteiger partial charge in [0.25, 0.3) is 0 Å². The maximum absolute atomic E-state index is 8.21. The van der Waals surface area contributed by atoms with Gasteiger partial charge in [-0.2, -0.15) is 0 Å². The first kappa shape index (κ1) is 18.9. The van der Waals surface area contributed by atoms with E-state index in [9.17, 15) is 0 Å². The van der Waals surface area contributed by atoms with Gasteiger partial charge in [0.15, 0.2) is 19.5 Å². The molecule has 0 bridgehead atoms. The van der Waals surface area contributed by atoms with Crippen molar-refractivity contribution in [2.45, 2.75) is 21.3 Å². The predicted molar refractivity (Wildman–Crippen MR) is 61.2 cm³/mol. The van der Waals surface area contributed by atoms with Gasteiger partial charge in [-0.25, -0.2) is 0 Å². The lowest BCUT2D eigenvalue weighted by Gasteiger charge is -1.90. The highest BCUT2D eigenvalue weighted by Crippen LogP contribution is 1.65. The number of hydrogen-bond acceptors (Lipinski definition) is 4. The fourth-order valence-corrected chi connectivity index (χ4v) is 1.25. The Kier molecular flexibility index (Phi) is 33.2. The van der Waals surface area contributed by atoms with E-state index in [1.807, 2.05) is 13.8 Å². The van der Waals surface area contributed by atoms with Crippen molar-refractivity contribution < 1.29 is 19.1 Å². The van der Waals surface area contributed by atoms with Crippen LogP contribution in [0.25, 0.3) is 0 Å². The maximum Gasteiger partial charge on any atom is 0.182 e. The van der Waals surface area contributed by atoms with Crippen molar-refractivity contribution in [1.29, 1.82) is 0 Å². The van der Waals surface area contributed by atoms with E-state index in [2.05, 4.69) is 0 Å². The predicted octanol–water partition coefficient (Wildman–Crippen LogP) is -1.25.